The number of aliphatic hydroxyl groups is 1. The molecule has 4 nitrogen and oxygen atoms in total. The Kier molecular flexibility index (Phi) is 5.04. The van der Waals surface area contributed by atoms with Crippen LogP contribution in [0.15, 0.2) is 40.8 Å². The molecule has 2 unspecified atom stereocenters. The fraction of sp³-hybridized carbons (Fsp3) is 0.312. The van der Waals surface area contributed by atoms with Gasteiger partial charge < -0.3 is 14.8 Å². The molecule has 0 aliphatic carbocycles. The predicted molar refractivity (Wildman–Crippen MR) is 82.3 cm³/mol. The molecule has 0 bridgehead atoms. The maximum Gasteiger partial charge on any atom is 0.287 e. The molecule has 21 heavy (non-hydrogen) atoms. The van der Waals surface area contributed by atoms with Crippen LogP contribution in [0.2, 0.25) is 5.02 Å². The fourth-order valence-electron chi connectivity index (χ4n) is 1.84. The van der Waals surface area contributed by atoms with E-state index in [0.717, 1.165) is 5.56 Å². The van der Waals surface area contributed by atoms with Crippen LogP contribution in [0, 0.1) is 5.92 Å². The monoisotopic (exact) mass is 307 g/mol. The Morgan fingerprint density at radius 2 is 2.00 bits per heavy atom. The Labute approximate surface area is 128 Å². The van der Waals surface area contributed by atoms with E-state index in [1.54, 1.807) is 18.2 Å². The van der Waals surface area contributed by atoms with Gasteiger partial charge in [-0.25, -0.2) is 0 Å². The van der Waals surface area contributed by atoms with Crippen LogP contribution in [0.1, 0.15) is 24.4 Å². The summed E-state index contributed by atoms with van der Waals surface area (Å²) in [5.41, 5.74) is 0.745. The van der Waals surface area contributed by atoms with Crippen LogP contribution in [0.5, 0.6) is 0 Å². The average molecular weight is 308 g/mol. The van der Waals surface area contributed by atoms with Crippen molar-refractivity contribution < 1.29 is 14.3 Å². The minimum absolute atomic E-state index is 0.0183. The zero-order valence-electron chi connectivity index (χ0n) is 12.0. The van der Waals surface area contributed by atoms with Crippen LogP contribution in [0.4, 0.5) is 0 Å². The number of hydrogen-bond donors (Lipinski definition) is 2. The lowest BCUT2D eigenvalue weighted by atomic mass is 10.1. The van der Waals surface area contributed by atoms with Crippen LogP contribution >= 0.6 is 11.6 Å². The van der Waals surface area contributed by atoms with E-state index in [1.165, 1.54) is 0 Å². The molecule has 0 aliphatic rings. The maximum absolute atomic E-state index is 12.1. The summed E-state index contributed by atoms with van der Waals surface area (Å²) in [6, 6.07) is 10.5. The number of furan rings is 1. The summed E-state index contributed by atoms with van der Waals surface area (Å²) < 4.78 is 5.57. The Morgan fingerprint density at radius 3 is 2.67 bits per heavy atom. The highest BCUT2D eigenvalue weighted by Gasteiger charge is 2.18. The van der Waals surface area contributed by atoms with E-state index in [9.17, 15) is 4.79 Å². The summed E-state index contributed by atoms with van der Waals surface area (Å²) in [5.74, 6) is 0.448. The zero-order chi connectivity index (χ0) is 15.4. The third-order valence-electron chi connectivity index (χ3n) is 3.47. The highest BCUT2D eigenvalue weighted by Crippen LogP contribution is 2.29. The van der Waals surface area contributed by atoms with Crippen molar-refractivity contribution in [2.75, 3.05) is 6.61 Å². The van der Waals surface area contributed by atoms with Crippen LogP contribution in [0.25, 0.3) is 11.3 Å². The van der Waals surface area contributed by atoms with Crippen LogP contribution < -0.4 is 5.32 Å². The first-order chi connectivity index (χ1) is 10.0. The van der Waals surface area contributed by atoms with Gasteiger partial charge in [-0.1, -0.05) is 30.7 Å². The van der Waals surface area contributed by atoms with E-state index in [0.29, 0.717) is 10.8 Å². The standard InChI is InChI=1S/C16H18ClNO3/c1-10(9-19)11(2)18-16(20)15-8-7-14(21-15)12-5-3-4-6-13(12)17/h3-8,10-11,19H,9H2,1-2H3,(H,18,20). The maximum atomic E-state index is 12.1. The number of benzene rings is 1. The predicted octanol–water partition coefficient (Wildman–Crippen LogP) is 3.35. The van der Waals surface area contributed by atoms with Gasteiger partial charge in [0.15, 0.2) is 5.76 Å². The summed E-state index contributed by atoms with van der Waals surface area (Å²) in [4.78, 5) is 12.1. The molecule has 112 valence electrons. The van der Waals surface area contributed by atoms with Gasteiger partial charge >= 0.3 is 0 Å². The molecular formula is C16H18ClNO3. The smallest absolute Gasteiger partial charge is 0.287 e. The fourth-order valence-corrected chi connectivity index (χ4v) is 2.07. The van der Waals surface area contributed by atoms with Crippen molar-refractivity contribution in [2.45, 2.75) is 19.9 Å². The number of carbonyl (C=O) groups is 1. The Bertz CT molecular complexity index is 623. The highest BCUT2D eigenvalue weighted by molar-refractivity contribution is 6.33. The average Bonchev–Trinajstić information content (AvgIpc) is 2.96. The van der Waals surface area contributed by atoms with E-state index in [2.05, 4.69) is 5.32 Å². The van der Waals surface area contributed by atoms with E-state index >= 15 is 0 Å². The van der Waals surface area contributed by atoms with Gasteiger partial charge in [-0.2, -0.15) is 0 Å². The van der Waals surface area contributed by atoms with Gasteiger partial charge in [0.1, 0.15) is 5.76 Å². The highest BCUT2D eigenvalue weighted by atomic mass is 35.5. The third-order valence-corrected chi connectivity index (χ3v) is 3.80. The van der Waals surface area contributed by atoms with Crippen molar-refractivity contribution in [1.29, 1.82) is 0 Å². The number of halogens is 1. The first-order valence-electron chi connectivity index (χ1n) is 6.79. The lowest BCUT2D eigenvalue weighted by Gasteiger charge is -2.18. The van der Waals surface area contributed by atoms with E-state index in [1.807, 2.05) is 32.0 Å². The molecule has 1 aromatic carbocycles. The molecular weight excluding hydrogens is 290 g/mol. The second-order valence-electron chi connectivity index (χ2n) is 5.07. The Balaban J connectivity index is 2.13. The number of nitrogens with one attached hydrogen (secondary N) is 1. The number of rotatable bonds is 5. The van der Waals surface area contributed by atoms with Gasteiger partial charge in [0.25, 0.3) is 5.91 Å². The van der Waals surface area contributed by atoms with Gasteiger partial charge in [-0.05, 0) is 37.1 Å². The van der Waals surface area contributed by atoms with Crippen LogP contribution in [-0.2, 0) is 0 Å². The molecule has 0 aliphatic heterocycles. The van der Waals surface area contributed by atoms with Crippen molar-refractivity contribution in [3.05, 3.63) is 47.2 Å². The van der Waals surface area contributed by atoms with Crippen LogP contribution in [-0.4, -0.2) is 23.7 Å². The second kappa shape index (κ2) is 6.78. The molecule has 1 heterocycles. The first kappa shape index (κ1) is 15.6. The molecule has 0 saturated heterocycles. The molecule has 0 spiro atoms. The van der Waals surface area contributed by atoms with E-state index in [4.69, 9.17) is 21.1 Å². The lowest BCUT2D eigenvalue weighted by Crippen LogP contribution is -2.38. The van der Waals surface area contributed by atoms with E-state index in [-0.39, 0.29) is 30.2 Å². The summed E-state index contributed by atoms with van der Waals surface area (Å²) >= 11 is 6.10. The largest absolute Gasteiger partial charge is 0.451 e. The molecule has 1 amide bonds. The lowest BCUT2D eigenvalue weighted by molar-refractivity contribution is 0.0889. The van der Waals surface area contributed by atoms with Crippen LogP contribution in [0.3, 0.4) is 0 Å². The molecule has 2 rings (SSSR count). The molecule has 0 radical (unpaired) electrons. The number of carbonyl (C=O) groups excluding carboxylic acids is 1. The summed E-state index contributed by atoms with van der Waals surface area (Å²) in [7, 11) is 0. The third kappa shape index (κ3) is 3.65. The Hall–Kier alpha value is -1.78. The van der Waals surface area contributed by atoms with Crippen molar-refractivity contribution in [1.82, 2.24) is 5.32 Å². The topological polar surface area (TPSA) is 62.5 Å². The number of aliphatic hydroxyl groups excluding tert-OH is 1. The molecule has 1 aromatic heterocycles. The minimum Gasteiger partial charge on any atom is -0.451 e. The Morgan fingerprint density at radius 1 is 1.29 bits per heavy atom. The molecule has 2 N–H and O–H groups in total. The molecule has 0 saturated carbocycles. The molecule has 5 heteroatoms. The number of hydrogen-bond acceptors (Lipinski definition) is 3. The molecule has 2 atom stereocenters. The molecule has 2 aromatic rings. The second-order valence-corrected chi connectivity index (χ2v) is 5.47. The van der Waals surface area contributed by atoms with Gasteiger partial charge in [0.2, 0.25) is 0 Å². The van der Waals surface area contributed by atoms with Crippen molar-refractivity contribution in [3.63, 3.8) is 0 Å². The summed E-state index contributed by atoms with van der Waals surface area (Å²) in [5, 5.41) is 12.5. The van der Waals surface area contributed by atoms with Crippen molar-refractivity contribution in [2.24, 2.45) is 5.92 Å². The van der Waals surface area contributed by atoms with Gasteiger partial charge in [0.05, 0.1) is 5.02 Å². The normalized spacial score (nSPS) is 13.7. The summed E-state index contributed by atoms with van der Waals surface area (Å²) in [6.45, 7) is 3.73. The quantitative estimate of drug-likeness (QED) is 0.890. The minimum atomic E-state index is -0.305. The van der Waals surface area contributed by atoms with Crippen molar-refractivity contribution >= 4 is 17.5 Å². The zero-order valence-corrected chi connectivity index (χ0v) is 12.7. The van der Waals surface area contributed by atoms with Gasteiger partial charge in [0, 0.05) is 18.2 Å². The first-order valence-corrected chi connectivity index (χ1v) is 7.17. The van der Waals surface area contributed by atoms with Gasteiger partial charge in [-0.15, -0.1) is 0 Å². The van der Waals surface area contributed by atoms with Gasteiger partial charge in [-0.3, -0.25) is 4.79 Å². The van der Waals surface area contributed by atoms with Crippen molar-refractivity contribution in [3.8, 4) is 11.3 Å². The molecule has 0 fully saturated rings. The number of amides is 1. The SMILES string of the molecule is CC(CO)C(C)NC(=O)c1ccc(-c2ccccc2Cl)o1. The van der Waals surface area contributed by atoms with E-state index < -0.39 is 0 Å². The summed E-state index contributed by atoms with van der Waals surface area (Å²) in [6.07, 6.45) is 0.